The monoisotopic (exact) mass is 442 g/mol. The molecule has 33 heavy (non-hydrogen) atoms. The zero-order valence-electron chi connectivity index (χ0n) is 18.4. The van der Waals surface area contributed by atoms with Crippen LogP contribution in [0.2, 0.25) is 0 Å². The lowest BCUT2D eigenvalue weighted by molar-refractivity contribution is -0.137. The van der Waals surface area contributed by atoms with Crippen LogP contribution in [0.25, 0.3) is 10.9 Å². The topological polar surface area (TPSA) is 90.1 Å². The van der Waals surface area contributed by atoms with E-state index in [0.29, 0.717) is 6.61 Å². The molecule has 7 heteroatoms. The number of carbonyl (C=O) groups is 1. The van der Waals surface area contributed by atoms with Crippen molar-refractivity contribution in [2.45, 2.75) is 44.6 Å². The Morgan fingerprint density at radius 3 is 2.79 bits per heavy atom. The molecule has 1 aromatic carbocycles. The number of ether oxygens (including phenoxy) is 1. The molecule has 0 fully saturated rings. The number of pyridine rings is 2. The minimum absolute atomic E-state index is 0.0627. The fourth-order valence-electron chi connectivity index (χ4n) is 4.51. The summed E-state index contributed by atoms with van der Waals surface area (Å²) in [7, 11) is 0. The second kappa shape index (κ2) is 9.40. The van der Waals surface area contributed by atoms with Gasteiger partial charge in [-0.25, -0.2) is 0 Å². The molecule has 0 saturated heterocycles. The van der Waals surface area contributed by atoms with Gasteiger partial charge in [-0.05, 0) is 73.2 Å². The Bertz CT molecular complexity index is 1270. The van der Waals surface area contributed by atoms with Gasteiger partial charge in [0.1, 0.15) is 5.75 Å². The van der Waals surface area contributed by atoms with E-state index < -0.39 is 12.0 Å². The Balaban J connectivity index is 1.30. The normalized spacial score (nSPS) is 14.1. The smallest absolute Gasteiger partial charge is 0.305 e. The van der Waals surface area contributed by atoms with Crippen LogP contribution in [-0.2, 0) is 24.1 Å². The maximum atomic E-state index is 11.5. The average molecular weight is 443 g/mol. The van der Waals surface area contributed by atoms with Crippen LogP contribution in [0, 0.1) is 0 Å². The Morgan fingerprint density at radius 2 is 1.94 bits per heavy atom. The number of hydrogen-bond acceptors (Lipinski definition) is 5. The highest BCUT2D eigenvalue weighted by Crippen LogP contribution is 2.28. The van der Waals surface area contributed by atoms with Gasteiger partial charge in [-0.3, -0.25) is 19.4 Å². The molecule has 1 aliphatic carbocycles. The number of benzene rings is 1. The Hall–Kier alpha value is -3.74. The first-order valence-corrected chi connectivity index (χ1v) is 11.4. The number of hydrogen-bond donors (Lipinski definition) is 1. The number of aryl methyl sites for hydroxylation is 2. The number of carboxylic acids is 1. The maximum Gasteiger partial charge on any atom is 0.305 e. The van der Waals surface area contributed by atoms with Crippen molar-refractivity contribution in [2.75, 3.05) is 6.61 Å². The summed E-state index contributed by atoms with van der Waals surface area (Å²) in [4.78, 5) is 20.4. The molecular formula is C26H26N4O3. The highest BCUT2D eigenvalue weighted by molar-refractivity contribution is 5.81. The fourth-order valence-corrected chi connectivity index (χ4v) is 4.51. The van der Waals surface area contributed by atoms with Crippen LogP contribution in [0.15, 0.2) is 61.1 Å². The molecule has 0 amide bonds. The minimum atomic E-state index is -0.879. The van der Waals surface area contributed by atoms with Gasteiger partial charge in [-0.1, -0.05) is 6.07 Å². The van der Waals surface area contributed by atoms with Crippen LogP contribution in [0.5, 0.6) is 5.75 Å². The van der Waals surface area contributed by atoms with E-state index in [1.165, 1.54) is 24.1 Å². The summed E-state index contributed by atoms with van der Waals surface area (Å²) >= 11 is 0. The summed E-state index contributed by atoms with van der Waals surface area (Å²) < 4.78 is 7.77. The quantitative estimate of drug-likeness (QED) is 0.435. The number of nitrogens with zero attached hydrogens (tertiary/aromatic N) is 4. The lowest BCUT2D eigenvalue weighted by atomic mass is 9.96. The van der Waals surface area contributed by atoms with Crippen molar-refractivity contribution in [3.05, 3.63) is 83.6 Å². The largest absolute Gasteiger partial charge is 0.493 e. The Morgan fingerprint density at radius 1 is 1.09 bits per heavy atom. The van der Waals surface area contributed by atoms with E-state index >= 15 is 0 Å². The van der Waals surface area contributed by atoms with Crippen LogP contribution < -0.4 is 4.74 Å². The molecule has 4 aromatic rings. The van der Waals surface area contributed by atoms with Gasteiger partial charge >= 0.3 is 5.97 Å². The van der Waals surface area contributed by atoms with Crippen molar-refractivity contribution in [1.82, 2.24) is 19.7 Å². The van der Waals surface area contributed by atoms with E-state index in [2.05, 4.69) is 22.2 Å². The number of carboxylic acid groups (broad SMARTS) is 1. The van der Waals surface area contributed by atoms with E-state index in [1.807, 2.05) is 30.3 Å². The van der Waals surface area contributed by atoms with Gasteiger partial charge in [0.05, 0.1) is 30.8 Å². The molecule has 1 unspecified atom stereocenters. The van der Waals surface area contributed by atoms with Crippen LogP contribution in [0.1, 0.15) is 47.8 Å². The number of aliphatic carboxylic acids is 1. The third-order valence-electron chi connectivity index (χ3n) is 6.18. The lowest BCUT2D eigenvalue weighted by Gasteiger charge is -2.17. The molecule has 0 bridgehead atoms. The molecule has 168 valence electrons. The molecule has 0 saturated carbocycles. The summed E-state index contributed by atoms with van der Waals surface area (Å²) in [5.41, 5.74) is 5.43. The summed E-state index contributed by atoms with van der Waals surface area (Å²) in [6.45, 7) is 0.546. The van der Waals surface area contributed by atoms with Gasteiger partial charge < -0.3 is 9.84 Å². The van der Waals surface area contributed by atoms with Gasteiger partial charge in [-0.2, -0.15) is 5.10 Å². The van der Waals surface area contributed by atoms with Crippen molar-refractivity contribution in [3.8, 4) is 5.75 Å². The van der Waals surface area contributed by atoms with Crippen molar-refractivity contribution >= 4 is 16.9 Å². The summed E-state index contributed by atoms with van der Waals surface area (Å²) in [5.74, 6) is -0.116. The summed E-state index contributed by atoms with van der Waals surface area (Å²) in [6, 6.07) is 13.4. The van der Waals surface area contributed by atoms with Crippen LogP contribution in [0.3, 0.4) is 0 Å². The fraction of sp³-hybridized carbons (Fsp3) is 0.308. The molecule has 3 heterocycles. The standard InChI is InChI=1S/C26H26N4O3/c31-26(32)16-25(19-9-12-27-13-10-19)30-24-8-7-22(15-20(24)17-28-30)33-14-11-21-6-5-18-3-1-2-4-23(18)29-21/h5-10,12-13,15,17,25H,1-4,11,14,16H2,(H,31,32). The summed E-state index contributed by atoms with van der Waals surface area (Å²) in [6.07, 6.45) is 10.5. The predicted molar refractivity (Wildman–Crippen MR) is 124 cm³/mol. The average Bonchev–Trinajstić information content (AvgIpc) is 3.26. The molecule has 5 rings (SSSR count). The van der Waals surface area contributed by atoms with Crippen molar-refractivity contribution in [2.24, 2.45) is 0 Å². The Kier molecular flexibility index (Phi) is 6.02. The highest BCUT2D eigenvalue weighted by atomic mass is 16.5. The highest BCUT2D eigenvalue weighted by Gasteiger charge is 2.20. The summed E-state index contributed by atoms with van der Waals surface area (Å²) in [5, 5.41) is 14.8. The predicted octanol–water partition coefficient (Wildman–Crippen LogP) is 4.39. The molecule has 1 aliphatic rings. The van der Waals surface area contributed by atoms with E-state index in [4.69, 9.17) is 9.72 Å². The molecule has 1 atom stereocenters. The number of rotatable bonds is 8. The van der Waals surface area contributed by atoms with Crippen LogP contribution in [-0.4, -0.2) is 37.4 Å². The van der Waals surface area contributed by atoms with Gasteiger partial charge in [0.2, 0.25) is 0 Å². The van der Waals surface area contributed by atoms with E-state index in [9.17, 15) is 9.90 Å². The van der Waals surface area contributed by atoms with E-state index in [0.717, 1.165) is 47.2 Å². The maximum absolute atomic E-state index is 11.5. The molecule has 0 aliphatic heterocycles. The molecule has 0 radical (unpaired) electrons. The second-order valence-corrected chi connectivity index (χ2v) is 8.42. The van der Waals surface area contributed by atoms with Gasteiger partial charge in [0.25, 0.3) is 0 Å². The van der Waals surface area contributed by atoms with E-state index in [1.54, 1.807) is 23.3 Å². The molecule has 7 nitrogen and oxygen atoms in total. The first-order chi connectivity index (χ1) is 16.2. The van der Waals surface area contributed by atoms with Crippen molar-refractivity contribution < 1.29 is 14.6 Å². The Labute approximate surface area is 192 Å². The molecule has 3 aromatic heterocycles. The lowest BCUT2D eigenvalue weighted by Crippen LogP contribution is -2.16. The van der Waals surface area contributed by atoms with E-state index in [-0.39, 0.29) is 6.42 Å². The van der Waals surface area contributed by atoms with Gasteiger partial charge in [0.15, 0.2) is 0 Å². The molecule has 0 spiro atoms. The number of fused-ring (bicyclic) bond motifs is 2. The molecular weight excluding hydrogens is 416 g/mol. The molecule has 1 N–H and O–H groups in total. The van der Waals surface area contributed by atoms with Gasteiger partial charge in [-0.15, -0.1) is 0 Å². The zero-order valence-corrected chi connectivity index (χ0v) is 18.4. The van der Waals surface area contributed by atoms with Crippen molar-refractivity contribution in [3.63, 3.8) is 0 Å². The third-order valence-corrected chi connectivity index (χ3v) is 6.18. The first-order valence-electron chi connectivity index (χ1n) is 11.4. The third kappa shape index (κ3) is 4.72. The minimum Gasteiger partial charge on any atom is -0.493 e. The van der Waals surface area contributed by atoms with Crippen LogP contribution >= 0.6 is 0 Å². The van der Waals surface area contributed by atoms with Crippen molar-refractivity contribution in [1.29, 1.82) is 0 Å². The van der Waals surface area contributed by atoms with Gasteiger partial charge in [0, 0.05) is 35.6 Å². The van der Waals surface area contributed by atoms with Crippen LogP contribution in [0.4, 0.5) is 0 Å². The zero-order chi connectivity index (χ0) is 22.6. The second-order valence-electron chi connectivity index (χ2n) is 8.42. The first kappa shape index (κ1) is 21.1. The number of aromatic nitrogens is 4. The SMILES string of the molecule is O=C(O)CC(c1ccncc1)n1ncc2cc(OCCc3ccc4c(n3)CCCC4)ccc21.